The van der Waals surface area contributed by atoms with E-state index >= 15 is 0 Å². The Morgan fingerprint density at radius 1 is 1.32 bits per heavy atom. The first-order chi connectivity index (χ1) is 9.16. The molecule has 1 N–H and O–H groups in total. The molecule has 2 aliphatic rings. The molecule has 3 unspecified atom stereocenters. The molecule has 1 aromatic rings. The number of carboxylic acid groups (broad SMARTS) is 1. The summed E-state index contributed by atoms with van der Waals surface area (Å²) in [4.78, 5) is 13.4. The molecular weight excluding hydrogens is 266 g/mol. The summed E-state index contributed by atoms with van der Waals surface area (Å²) in [5.41, 5.74) is 0. The zero-order chi connectivity index (χ0) is 13.4. The fourth-order valence-electron chi connectivity index (χ4n) is 3.46. The maximum Gasteiger partial charge on any atom is 0.326 e. The van der Waals surface area contributed by atoms with Gasteiger partial charge in [0.1, 0.15) is 6.04 Å². The lowest BCUT2D eigenvalue weighted by atomic mass is 9.85. The van der Waals surface area contributed by atoms with E-state index in [2.05, 4.69) is 10.2 Å². The standard InChI is InChI=1S/C13H16ClN3O2/c14-11-5-6-12(16-15-11)17-9-4-2-1-3-8(9)7-10(17)13(18)19/h5-6,8-10H,1-4,7H2,(H,18,19). The first kappa shape index (κ1) is 12.7. The molecule has 1 saturated carbocycles. The molecule has 1 aliphatic heterocycles. The van der Waals surface area contributed by atoms with Crippen molar-refractivity contribution >= 4 is 23.4 Å². The van der Waals surface area contributed by atoms with Crippen molar-refractivity contribution < 1.29 is 9.90 Å². The molecule has 1 saturated heterocycles. The molecule has 0 bridgehead atoms. The highest BCUT2D eigenvalue weighted by molar-refractivity contribution is 6.29. The maximum absolute atomic E-state index is 11.5. The van der Waals surface area contributed by atoms with Crippen molar-refractivity contribution in [3.05, 3.63) is 17.3 Å². The summed E-state index contributed by atoms with van der Waals surface area (Å²) in [6.45, 7) is 0. The second-order valence-electron chi connectivity index (χ2n) is 5.32. The van der Waals surface area contributed by atoms with E-state index in [-0.39, 0.29) is 6.04 Å². The second kappa shape index (κ2) is 4.96. The summed E-state index contributed by atoms with van der Waals surface area (Å²) in [5.74, 6) is 0.324. The van der Waals surface area contributed by atoms with Crippen LogP contribution in [0.1, 0.15) is 32.1 Å². The lowest BCUT2D eigenvalue weighted by Crippen LogP contribution is -2.43. The van der Waals surface area contributed by atoms with Gasteiger partial charge in [0.25, 0.3) is 0 Å². The van der Waals surface area contributed by atoms with Crippen LogP contribution in [0.3, 0.4) is 0 Å². The highest BCUT2D eigenvalue weighted by Gasteiger charge is 2.45. The van der Waals surface area contributed by atoms with E-state index in [0.717, 1.165) is 19.3 Å². The van der Waals surface area contributed by atoms with Crippen LogP contribution in [0.25, 0.3) is 0 Å². The summed E-state index contributed by atoms with van der Waals surface area (Å²) < 4.78 is 0. The van der Waals surface area contributed by atoms with Crippen molar-refractivity contribution in [1.29, 1.82) is 0 Å². The highest BCUT2D eigenvalue weighted by Crippen LogP contribution is 2.41. The number of hydrogen-bond donors (Lipinski definition) is 1. The predicted molar refractivity (Wildman–Crippen MR) is 71.3 cm³/mol. The molecule has 3 atom stereocenters. The van der Waals surface area contributed by atoms with Gasteiger partial charge < -0.3 is 10.0 Å². The third-order valence-corrected chi connectivity index (χ3v) is 4.46. The molecule has 2 fully saturated rings. The quantitative estimate of drug-likeness (QED) is 0.901. The van der Waals surface area contributed by atoms with Gasteiger partial charge in [-0.05, 0) is 37.3 Å². The van der Waals surface area contributed by atoms with Crippen LogP contribution in [-0.4, -0.2) is 33.4 Å². The largest absolute Gasteiger partial charge is 0.480 e. The molecule has 19 heavy (non-hydrogen) atoms. The van der Waals surface area contributed by atoms with Gasteiger partial charge in [-0.1, -0.05) is 24.4 Å². The average molecular weight is 282 g/mol. The topological polar surface area (TPSA) is 66.3 Å². The van der Waals surface area contributed by atoms with Crippen LogP contribution in [0.5, 0.6) is 0 Å². The zero-order valence-electron chi connectivity index (χ0n) is 10.5. The molecule has 3 rings (SSSR count). The lowest BCUT2D eigenvalue weighted by molar-refractivity contribution is -0.138. The molecule has 6 heteroatoms. The molecule has 0 spiro atoms. The van der Waals surface area contributed by atoms with Gasteiger partial charge in [-0.3, -0.25) is 0 Å². The Hall–Kier alpha value is -1.36. The Kier molecular flexibility index (Phi) is 3.31. The second-order valence-corrected chi connectivity index (χ2v) is 5.71. The highest BCUT2D eigenvalue weighted by atomic mass is 35.5. The lowest BCUT2D eigenvalue weighted by Gasteiger charge is -2.33. The molecule has 1 aliphatic carbocycles. The van der Waals surface area contributed by atoms with Crippen LogP contribution in [0, 0.1) is 5.92 Å². The molecule has 2 heterocycles. The Bertz CT molecular complexity index is 479. The van der Waals surface area contributed by atoms with Gasteiger partial charge in [0.2, 0.25) is 0 Å². The van der Waals surface area contributed by atoms with Crippen LogP contribution >= 0.6 is 11.6 Å². The fraction of sp³-hybridized carbons (Fsp3) is 0.615. The van der Waals surface area contributed by atoms with E-state index in [9.17, 15) is 9.90 Å². The van der Waals surface area contributed by atoms with Crippen molar-refractivity contribution in [2.75, 3.05) is 4.90 Å². The van der Waals surface area contributed by atoms with Crippen LogP contribution in [0.4, 0.5) is 5.82 Å². The Balaban J connectivity index is 1.94. The van der Waals surface area contributed by atoms with E-state index in [0.29, 0.717) is 23.3 Å². The van der Waals surface area contributed by atoms with Crippen molar-refractivity contribution in [3.63, 3.8) is 0 Å². The van der Waals surface area contributed by atoms with Gasteiger partial charge in [-0.25, -0.2) is 4.79 Å². The van der Waals surface area contributed by atoms with E-state index in [1.54, 1.807) is 12.1 Å². The summed E-state index contributed by atoms with van der Waals surface area (Å²) in [6, 6.07) is 3.23. The van der Waals surface area contributed by atoms with Gasteiger partial charge in [0.05, 0.1) is 0 Å². The summed E-state index contributed by atoms with van der Waals surface area (Å²) in [5, 5.41) is 17.7. The number of nitrogens with zero attached hydrogens (tertiary/aromatic N) is 3. The molecule has 5 nitrogen and oxygen atoms in total. The van der Waals surface area contributed by atoms with E-state index < -0.39 is 12.0 Å². The molecule has 0 aromatic carbocycles. The molecular formula is C13H16ClN3O2. The molecule has 102 valence electrons. The summed E-state index contributed by atoms with van der Waals surface area (Å²) in [6.07, 6.45) is 5.23. The maximum atomic E-state index is 11.5. The average Bonchev–Trinajstić information content (AvgIpc) is 2.79. The van der Waals surface area contributed by atoms with Crippen molar-refractivity contribution in [1.82, 2.24) is 10.2 Å². The SMILES string of the molecule is O=C(O)C1CC2CCCCC2N1c1ccc(Cl)nn1. The number of fused-ring (bicyclic) bond motifs is 1. The number of carboxylic acids is 1. The minimum Gasteiger partial charge on any atom is -0.480 e. The van der Waals surface area contributed by atoms with E-state index in [1.807, 2.05) is 4.90 Å². The Morgan fingerprint density at radius 3 is 2.79 bits per heavy atom. The first-order valence-electron chi connectivity index (χ1n) is 6.67. The zero-order valence-corrected chi connectivity index (χ0v) is 11.3. The van der Waals surface area contributed by atoms with E-state index in [4.69, 9.17) is 11.6 Å². The molecule has 0 radical (unpaired) electrons. The number of halogens is 1. The predicted octanol–water partition coefficient (Wildman–Crippen LogP) is 2.35. The monoisotopic (exact) mass is 281 g/mol. The Morgan fingerprint density at radius 2 is 2.11 bits per heavy atom. The number of rotatable bonds is 2. The summed E-state index contributed by atoms with van der Waals surface area (Å²) in [7, 11) is 0. The van der Waals surface area contributed by atoms with Crippen molar-refractivity contribution in [2.24, 2.45) is 5.92 Å². The number of hydrogen-bond acceptors (Lipinski definition) is 4. The number of anilines is 1. The van der Waals surface area contributed by atoms with Crippen LogP contribution in [-0.2, 0) is 4.79 Å². The van der Waals surface area contributed by atoms with Gasteiger partial charge in [-0.2, -0.15) is 0 Å². The van der Waals surface area contributed by atoms with Crippen LogP contribution in [0.2, 0.25) is 5.15 Å². The number of aromatic nitrogens is 2. The van der Waals surface area contributed by atoms with Crippen LogP contribution in [0.15, 0.2) is 12.1 Å². The Labute approximate surface area is 116 Å². The van der Waals surface area contributed by atoms with E-state index in [1.165, 1.54) is 6.42 Å². The van der Waals surface area contributed by atoms with Gasteiger partial charge >= 0.3 is 5.97 Å². The van der Waals surface area contributed by atoms with Crippen molar-refractivity contribution in [2.45, 2.75) is 44.2 Å². The third-order valence-electron chi connectivity index (χ3n) is 4.26. The first-order valence-corrected chi connectivity index (χ1v) is 7.05. The van der Waals surface area contributed by atoms with Crippen LogP contribution < -0.4 is 4.90 Å². The smallest absolute Gasteiger partial charge is 0.326 e. The normalized spacial score (nSPS) is 30.2. The minimum absolute atomic E-state index is 0.283. The molecule has 1 aromatic heterocycles. The van der Waals surface area contributed by atoms with Gasteiger partial charge in [0.15, 0.2) is 11.0 Å². The minimum atomic E-state index is -0.772. The fourth-order valence-corrected chi connectivity index (χ4v) is 3.56. The molecule has 0 amide bonds. The third kappa shape index (κ3) is 2.27. The summed E-state index contributed by atoms with van der Waals surface area (Å²) >= 11 is 5.75. The van der Waals surface area contributed by atoms with Gasteiger partial charge in [0, 0.05) is 6.04 Å². The van der Waals surface area contributed by atoms with Gasteiger partial charge in [-0.15, -0.1) is 10.2 Å². The number of aliphatic carboxylic acids is 1. The number of carbonyl (C=O) groups is 1. The van der Waals surface area contributed by atoms with Crippen molar-refractivity contribution in [3.8, 4) is 0 Å².